The van der Waals surface area contributed by atoms with Crippen LogP contribution in [0.4, 0.5) is 0 Å². The predicted octanol–water partition coefficient (Wildman–Crippen LogP) is 1.43. The minimum absolute atomic E-state index is 0.225. The van der Waals surface area contributed by atoms with Crippen molar-refractivity contribution in [1.29, 1.82) is 0 Å². The number of aliphatic hydroxyl groups is 1. The highest BCUT2D eigenvalue weighted by atomic mass is 16.5. The molecule has 62 valence electrons. The van der Waals surface area contributed by atoms with E-state index in [-0.39, 0.29) is 12.7 Å². The predicted molar refractivity (Wildman–Crippen MR) is 42.0 cm³/mol. The normalized spacial score (nSPS) is 14.1. The third kappa shape index (κ3) is 3.85. The first-order valence-corrected chi connectivity index (χ1v) is 3.94. The summed E-state index contributed by atoms with van der Waals surface area (Å²) in [5.74, 6) is 0.507. The summed E-state index contributed by atoms with van der Waals surface area (Å²) in [6.07, 6.45) is 0.987. The van der Waals surface area contributed by atoms with E-state index in [0.717, 1.165) is 13.0 Å². The molecule has 0 unspecified atom stereocenters. The van der Waals surface area contributed by atoms with Gasteiger partial charge in [-0.15, -0.1) is 0 Å². The monoisotopic (exact) mass is 146 g/mol. The second kappa shape index (κ2) is 5.69. The largest absolute Gasteiger partial charge is 0.396 e. The van der Waals surface area contributed by atoms with Crippen LogP contribution >= 0.6 is 0 Å². The Kier molecular flexibility index (Phi) is 5.64. The highest BCUT2D eigenvalue weighted by Gasteiger charge is 2.11. The van der Waals surface area contributed by atoms with Crippen molar-refractivity contribution in [1.82, 2.24) is 0 Å². The minimum atomic E-state index is 0.225. The molecule has 0 aliphatic carbocycles. The van der Waals surface area contributed by atoms with E-state index in [1.165, 1.54) is 0 Å². The van der Waals surface area contributed by atoms with Gasteiger partial charge in [0.25, 0.3) is 0 Å². The van der Waals surface area contributed by atoms with Gasteiger partial charge in [0.2, 0.25) is 0 Å². The van der Waals surface area contributed by atoms with Gasteiger partial charge in [-0.25, -0.2) is 0 Å². The van der Waals surface area contributed by atoms with Crippen LogP contribution in [0.25, 0.3) is 0 Å². The quantitative estimate of drug-likeness (QED) is 0.635. The Morgan fingerprint density at radius 1 is 1.40 bits per heavy atom. The van der Waals surface area contributed by atoms with Gasteiger partial charge in [0.1, 0.15) is 0 Å². The van der Waals surface area contributed by atoms with Gasteiger partial charge in [-0.2, -0.15) is 0 Å². The van der Waals surface area contributed by atoms with Crippen LogP contribution in [0.5, 0.6) is 0 Å². The van der Waals surface area contributed by atoms with Crippen LogP contribution < -0.4 is 0 Å². The van der Waals surface area contributed by atoms with E-state index >= 15 is 0 Å². The summed E-state index contributed by atoms with van der Waals surface area (Å²) in [7, 11) is 0. The Labute approximate surface area is 63.2 Å². The molecule has 1 N–H and O–H groups in total. The van der Waals surface area contributed by atoms with E-state index in [1.54, 1.807) is 0 Å². The van der Waals surface area contributed by atoms with E-state index in [9.17, 15) is 0 Å². The SMILES string of the molecule is CCO[C@H](CCO)C(C)C. The highest BCUT2D eigenvalue weighted by Crippen LogP contribution is 2.09. The molecule has 0 aromatic carbocycles. The number of aliphatic hydroxyl groups excluding tert-OH is 1. The molecule has 0 amide bonds. The van der Waals surface area contributed by atoms with Gasteiger partial charge in [0.05, 0.1) is 6.10 Å². The van der Waals surface area contributed by atoms with Crippen LogP contribution in [0.15, 0.2) is 0 Å². The molecule has 0 aromatic heterocycles. The van der Waals surface area contributed by atoms with Crippen LogP contribution in [0.2, 0.25) is 0 Å². The van der Waals surface area contributed by atoms with E-state index in [2.05, 4.69) is 13.8 Å². The molecule has 2 nitrogen and oxygen atoms in total. The molecule has 0 aliphatic heterocycles. The van der Waals surface area contributed by atoms with Crippen LogP contribution in [-0.4, -0.2) is 24.4 Å². The second-order valence-corrected chi connectivity index (χ2v) is 2.75. The van der Waals surface area contributed by atoms with E-state index < -0.39 is 0 Å². The molecule has 0 aliphatic rings. The van der Waals surface area contributed by atoms with Crippen molar-refractivity contribution in [2.45, 2.75) is 33.3 Å². The average Bonchev–Trinajstić information content (AvgIpc) is 1.87. The summed E-state index contributed by atoms with van der Waals surface area (Å²) >= 11 is 0. The molecule has 0 saturated carbocycles. The first kappa shape index (κ1) is 9.92. The van der Waals surface area contributed by atoms with Crippen LogP contribution in [0.3, 0.4) is 0 Å². The molecule has 0 fully saturated rings. The summed E-state index contributed by atoms with van der Waals surface area (Å²) in [6, 6.07) is 0. The fourth-order valence-electron chi connectivity index (χ4n) is 0.950. The van der Waals surface area contributed by atoms with Gasteiger partial charge >= 0.3 is 0 Å². The topological polar surface area (TPSA) is 29.5 Å². The zero-order chi connectivity index (χ0) is 7.98. The van der Waals surface area contributed by atoms with Gasteiger partial charge < -0.3 is 9.84 Å². The fraction of sp³-hybridized carbons (Fsp3) is 1.00. The average molecular weight is 146 g/mol. The van der Waals surface area contributed by atoms with Crippen LogP contribution in [-0.2, 0) is 4.74 Å². The van der Waals surface area contributed by atoms with Crippen molar-refractivity contribution in [2.24, 2.45) is 5.92 Å². The molecular formula is C8H18O2. The van der Waals surface area contributed by atoms with Crippen molar-refractivity contribution in [3.05, 3.63) is 0 Å². The van der Waals surface area contributed by atoms with Gasteiger partial charge in [0.15, 0.2) is 0 Å². The first-order chi connectivity index (χ1) is 4.72. The maximum absolute atomic E-state index is 8.63. The lowest BCUT2D eigenvalue weighted by Gasteiger charge is -2.19. The standard InChI is InChI=1S/C8H18O2/c1-4-10-8(5-6-9)7(2)3/h7-9H,4-6H2,1-3H3/t8-/m1/s1. The summed E-state index contributed by atoms with van der Waals surface area (Å²) in [5, 5.41) is 8.63. The smallest absolute Gasteiger partial charge is 0.0619 e. The zero-order valence-electron chi connectivity index (χ0n) is 7.13. The third-order valence-electron chi connectivity index (χ3n) is 1.54. The molecule has 0 bridgehead atoms. The molecule has 0 aromatic rings. The minimum Gasteiger partial charge on any atom is -0.396 e. The summed E-state index contributed by atoms with van der Waals surface area (Å²) in [4.78, 5) is 0. The first-order valence-electron chi connectivity index (χ1n) is 3.94. The Balaban J connectivity index is 3.50. The molecule has 0 heterocycles. The number of rotatable bonds is 5. The summed E-state index contributed by atoms with van der Waals surface area (Å²) < 4.78 is 5.38. The summed E-state index contributed by atoms with van der Waals surface area (Å²) in [5.41, 5.74) is 0. The number of hydrogen-bond donors (Lipinski definition) is 1. The van der Waals surface area contributed by atoms with Crippen molar-refractivity contribution in [3.8, 4) is 0 Å². The van der Waals surface area contributed by atoms with E-state index in [0.29, 0.717) is 5.92 Å². The molecule has 2 heteroatoms. The Bertz CT molecular complexity index is 65.7. The van der Waals surface area contributed by atoms with Crippen molar-refractivity contribution < 1.29 is 9.84 Å². The Morgan fingerprint density at radius 3 is 2.30 bits per heavy atom. The lowest BCUT2D eigenvalue weighted by Crippen LogP contribution is -2.20. The van der Waals surface area contributed by atoms with Crippen LogP contribution in [0.1, 0.15) is 27.2 Å². The van der Waals surface area contributed by atoms with Gasteiger partial charge in [0, 0.05) is 13.2 Å². The van der Waals surface area contributed by atoms with E-state index in [4.69, 9.17) is 9.84 Å². The molecule has 1 atom stereocenters. The second-order valence-electron chi connectivity index (χ2n) is 2.75. The molecule has 0 saturated heterocycles. The van der Waals surface area contributed by atoms with E-state index in [1.807, 2.05) is 6.92 Å². The molecule has 10 heavy (non-hydrogen) atoms. The fourth-order valence-corrected chi connectivity index (χ4v) is 0.950. The van der Waals surface area contributed by atoms with Crippen molar-refractivity contribution in [3.63, 3.8) is 0 Å². The van der Waals surface area contributed by atoms with Gasteiger partial charge in [-0.1, -0.05) is 13.8 Å². The van der Waals surface area contributed by atoms with Crippen molar-refractivity contribution >= 4 is 0 Å². The molecule has 0 rings (SSSR count). The molecular weight excluding hydrogens is 128 g/mol. The van der Waals surface area contributed by atoms with Crippen LogP contribution in [0, 0.1) is 5.92 Å². The van der Waals surface area contributed by atoms with Gasteiger partial charge in [-0.3, -0.25) is 0 Å². The molecule has 0 spiro atoms. The Morgan fingerprint density at radius 2 is 2.00 bits per heavy atom. The summed E-state index contributed by atoms with van der Waals surface area (Å²) in [6.45, 7) is 7.16. The maximum atomic E-state index is 8.63. The lowest BCUT2D eigenvalue weighted by atomic mass is 10.0. The Hall–Kier alpha value is -0.0800. The maximum Gasteiger partial charge on any atom is 0.0619 e. The molecule has 0 radical (unpaired) electrons. The zero-order valence-corrected chi connectivity index (χ0v) is 7.13. The third-order valence-corrected chi connectivity index (χ3v) is 1.54. The van der Waals surface area contributed by atoms with Gasteiger partial charge in [-0.05, 0) is 19.3 Å². The number of hydrogen-bond acceptors (Lipinski definition) is 2. The number of ether oxygens (including phenoxy) is 1. The highest BCUT2D eigenvalue weighted by molar-refractivity contribution is 4.60. The van der Waals surface area contributed by atoms with Crippen molar-refractivity contribution in [2.75, 3.05) is 13.2 Å². The lowest BCUT2D eigenvalue weighted by molar-refractivity contribution is 0.0140.